The molecule has 0 saturated carbocycles. The minimum Gasteiger partial charge on any atom is -0.477 e. The molecule has 0 bridgehead atoms. The Bertz CT molecular complexity index is 415. The molecule has 1 rings (SSSR count). The van der Waals surface area contributed by atoms with Gasteiger partial charge in [0.25, 0.3) is 5.56 Å². The van der Waals surface area contributed by atoms with Crippen LogP contribution < -0.4 is 5.56 Å². The number of aromatic amines is 1. The summed E-state index contributed by atoms with van der Waals surface area (Å²) in [5.41, 5.74) is -1.05. The molecule has 0 amide bonds. The van der Waals surface area contributed by atoms with Crippen LogP contribution in [0.5, 0.6) is 0 Å². The second kappa shape index (κ2) is 3.25. The highest BCUT2D eigenvalue weighted by Gasteiger charge is 2.25. The highest BCUT2D eigenvalue weighted by Crippen LogP contribution is 2.20. The number of hydrogen-bond donors (Lipinski definition) is 2. The molecule has 0 unspecified atom stereocenters. The highest BCUT2D eigenvalue weighted by molar-refractivity contribution is 5.88. The molecule has 1 heterocycles. The second-order valence-electron chi connectivity index (χ2n) is 4.01. The number of H-pyrrole nitrogens is 1. The zero-order valence-corrected chi connectivity index (χ0v) is 8.29. The van der Waals surface area contributed by atoms with Crippen LogP contribution in [-0.4, -0.2) is 21.0 Å². The molecule has 1 aromatic rings. The van der Waals surface area contributed by atoms with Crippen LogP contribution in [0.1, 0.15) is 36.8 Å². The van der Waals surface area contributed by atoms with Crippen molar-refractivity contribution in [3.8, 4) is 0 Å². The lowest BCUT2D eigenvalue weighted by Crippen LogP contribution is -2.27. The lowest BCUT2D eigenvalue weighted by molar-refractivity contribution is 0.0691. The quantitative estimate of drug-likeness (QED) is 0.694. The van der Waals surface area contributed by atoms with Gasteiger partial charge in [0, 0.05) is 5.41 Å². The smallest absolute Gasteiger partial charge is 0.343 e. The Kier molecular flexibility index (Phi) is 2.42. The summed E-state index contributed by atoms with van der Waals surface area (Å²) in [6, 6.07) is 0. The van der Waals surface area contributed by atoms with E-state index in [1.54, 1.807) is 20.8 Å². The zero-order chi connectivity index (χ0) is 10.9. The number of carboxylic acids is 1. The van der Waals surface area contributed by atoms with Gasteiger partial charge in [0.05, 0.1) is 12.0 Å². The fraction of sp³-hybridized carbons (Fsp3) is 0.444. The van der Waals surface area contributed by atoms with E-state index in [1.807, 2.05) is 0 Å². The number of hydrogen-bond acceptors (Lipinski definition) is 3. The summed E-state index contributed by atoms with van der Waals surface area (Å²) in [4.78, 5) is 28.2. The molecule has 0 radical (unpaired) electrons. The predicted molar refractivity (Wildman–Crippen MR) is 50.5 cm³/mol. The fourth-order valence-corrected chi connectivity index (χ4v) is 1.17. The normalized spacial score (nSPS) is 11.4. The third-order valence-corrected chi connectivity index (χ3v) is 1.78. The first-order valence-electron chi connectivity index (χ1n) is 4.15. The Balaban J connectivity index is 3.52. The van der Waals surface area contributed by atoms with Gasteiger partial charge in [-0.25, -0.2) is 9.78 Å². The Morgan fingerprint density at radius 3 is 2.43 bits per heavy atom. The maximum atomic E-state index is 11.3. The predicted octanol–water partition coefficient (Wildman–Crippen LogP) is 0.766. The van der Waals surface area contributed by atoms with Gasteiger partial charge < -0.3 is 10.1 Å². The molecule has 0 spiro atoms. The summed E-state index contributed by atoms with van der Waals surface area (Å²) in [5.74, 6) is -1.25. The van der Waals surface area contributed by atoms with Crippen LogP contribution >= 0.6 is 0 Å². The Hall–Kier alpha value is -1.65. The first-order valence-corrected chi connectivity index (χ1v) is 4.15. The summed E-state index contributed by atoms with van der Waals surface area (Å²) >= 11 is 0. The van der Waals surface area contributed by atoms with Crippen molar-refractivity contribution >= 4 is 5.97 Å². The van der Waals surface area contributed by atoms with Crippen LogP contribution in [0.2, 0.25) is 0 Å². The number of rotatable bonds is 1. The molecule has 0 aliphatic rings. The molecule has 0 atom stereocenters. The molecule has 76 valence electrons. The third-order valence-electron chi connectivity index (χ3n) is 1.78. The number of carbonyl (C=O) groups is 1. The van der Waals surface area contributed by atoms with E-state index < -0.39 is 16.9 Å². The first kappa shape index (κ1) is 10.4. The van der Waals surface area contributed by atoms with E-state index in [-0.39, 0.29) is 5.56 Å². The molecule has 0 aliphatic heterocycles. The first-order chi connectivity index (χ1) is 6.34. The molecule has 1 aromatic heterocycles. The van der Waals surface area contributed by atoms with Gasteiger partial charge in [0.2, 0.25) is 0 Å². The van der Waals surface area contributed by atoms with Gasteiger partial charge in [-0.1, -0.05) is 20.8 Å². The molecule has 14 heavy (non-hydrogen) atoms. The van der Waals surface area contributed by atoms with Crippen LogP contribution in [-0.2, 0) is 5.41 Å². The Labute approximate surface area is 80.8 Å². The van der Waals surface area contributed by atoms with Crippen molar-refractivity contribution < 1.29 is 9.90 Å². The van der Waals surface area contributed by atoms with E-state index in [9.17, 15) is 9.59 Å². The van der Waals surface area contributed by atoms with Crippen molar-refractivity contribution in [2.45, 2.75) is 26.2 Å². The van der Waals surface area contributed by atoms with Crippen LogP contribution in [0.25, 0.3) is 0 Å². The van der Waals surface area contributed by atoms with Crippen LogP contribution in [0.3, 0.4) is 0 Å². The van der Waals surface area contributed by atoms with Crippen LogP contribution in [0.4, 0.5) is 0 Å². The molecular weight excluding hydrogens is 184 g/mol. The van der Waals surface area contributed by atoms with Crippen LogP contribution in [0, 0.1) is 0 Å². The average Bonchev–Trinajstić information content (AvgIpc) is 2.01. The minimum absolute atomic E-state index is 0.278. The van der Waals surface area contributed by atoms with Crippen molar-refractivity contribution in [3.05, 3.63) is 27.9 Å². The third kappa shape index (κ3) is 1.81. The van der Waals surface area contributed by atoms with Crippen molar-refractivity contribution in [1.82, 2.24) is 9.97 Å². The number of carboxylic acid groups (broad SMARTS) is 1. The molecule has 0 aromatic carbocycles. The van der Waals surface area contributed by atoms with Crippen molar-refractivity contribution in [2.75, 3.05) is 0 Å². The molecular formula is C9H12N2O3. The molecule has 2 N–H and O–H groups in total. The zero-order valence-electron chi connectivity index (χ0n) is 8.29. The van der Waals surface area contributed by atoms with E-state index in [0.29, 0.717) is 5.69 Å². The molecule has 0 saturated heterocycles. The maximum absolute atomic E-state index is 11.3. The minimum atomic E-state index is -1.25. The Morgan fingerprint density at radius 2 is 2.07 bits per heavy atom. The fourth-order valence-electron chi connectivity index (χ4n) is 1.17. The number of aromatic nitrogens is 2. The largest absolute Gasteiger partial charge is 0.477 e. The van der Waals surface area contributed by atoms with Gasteiger partial charge in [-0.15, -0.1) is 0 Å². The van der Waals surface area contributed by atoms with Crippen molar-refractivity contribution in [2.24, 2.45) is 0 Å². The number of nitrogens with one attached hydrogen (secondary N) is 1. The summed E-state index contributed by atoms with van der Waals surface area (Å²) < 4.78 is 0. The maximum Gasteiger partial charge on any atom is 0.343 e. The van der Waals surface area contributed by atoms with E-state index in [2.05, 4.69) is 9.97 Å². The van der Waals surface area contributed by atoms with Crippen molar-refractivity contribution in [1.29, 1.82) is 0 Å². The summed E-state index contributed by atoms with van der Waals surface area (Å²) in [6.07, 6.45) is 1.22. The topological polar surface area (TPSA) is 83.0 Å². The van der Waals surface area contributed by atoms with Crippen molar-refractivity contribution in [3.63, 3.8) is 0 Å². The molecule has 5 heteroatoms. The lowest BCUT2D eigenvalue weighted by Gasteiger charge is -2.18. The SMILES string of the molecule is CC(C)(C)c1nc[nH]c(=O)c1C(=O)O. The van der Waals surface area contributed by atoms with Gasteiger partial charge in [-0.05, 0) is 0 Å². The van der Waals surface area contributed by atoms with E-state index in [1.165, 1.54) is 6.33 Å². The monoisotopic (exact) mass is 196 g/mol. The molecule has 0 fully saturated rings. The summed E-state index contributed by atoms with van der Waals surface area (Å²) in [7, 11) is 0. The van der Waals surface area contributed by atoms with Gasteiger partial charge in [0.1, 0.15) is 5.56 Å². The summed E-state index contributed by atoms with van der Waals surface area (Å²) in [5, 5.41) is 8.85. The van der Waals surface area contributed by atoms with Gasteiger partial charge in [-0.3, -0.25) is 4.79 Å². The standard InChI is InChI=1S/C9H12N2O3/c1-9(2,3)6-5(8(13)14)7(12)11-4-10-6/h4H,1-3H3,(H,13,14)(H,10,11,12). The Morgan fingerprint density at radius 1 is 1.50 bits per heavy atom. The van der Waals surface area contributed by atoms with Crippen LogP contribution in [0.15, 0.2) is 11.1 Å². The molecule has 0 aliphatic carbocycles. The van der Waals surface area contributed by atoms with E-state index in [4.69, 9.17) is 5.11 Å². The lowest BCUT2D eigenvalue weighted by atomic mass is 9.89. The summed E-state index contributed by atoms with van der Waals surface area (Å²) in [6.45, 7) is 5.42. The van der Waals surface area contributed by atoms with E-state index >= 15 is 0 Å². The number of aromatic carboxylic acids is 1. The van der Waals surface area contributed by atoms with Gasteiger partial charge in [0.15, 0.2) is 0 Å². The van der Waals surface area contributed by atoms with E-state index in [0.717, 1.165) is 0 Å². The second-order valence-corrected chi connectivity index (χ2v) is 4.01. The highest BCUT2D eigenvalue weighted by atomic mass is 16.4. The van der Waals surface area contributed by atoms with Gasteiger partial charge >= 0.3 is 5.97 Å². The van der Waals surface area contributed by atoms with Gasteiger partial charge in [-0.2, -0.15) is 0 Å². The number of nitrogens with zero attached hydrogens (tertiary/aromatic N) is 1. The average molecular weight is 196 g/mol. The molecule has 5 nitrogen and oxygen atoms in total.